The topological polar surface area (TPSA) is 43.4 Å². The Hall–Kier alpha value is -1.94. The van der Waals surface area contributed by atoms with E-state index >= 15 is 0 Å². The van der Waals surface area contributed by atoms with E-state index in [1.54, 1.807) is 6.07 Å². The van der Waals surface area contributed by atoms with E-state index in [0.29, 0.717) is 11.1 Å². The van der Waals surface area contributed by atoms with Crippen LogP contribution in [0.15, 0.2) is 30.3 Å². The zero-order valence-corrected chi connectivity index (χ0v) is 12.1. The molecule has 4 heteroatoms. The molecule has 0 atom stereocenters. The number of ether oxygens (including phenoxy) is 1. The van der Waals surface area contributed by atoms with Crippen molar-refractivity contribution in [2.75, 3.05) is 0 Å². The molecule has 0 N–H and O–H groups in total. The Labute approximate surface area is 112 Å². The van der Waals surface area contributed by atoms with E-state index in [1.807, 2.05) is 24.3 Å². The Balaban J connectivity index is 2.53. The van der Waals surface area contributed by atoms with E-state index < -0.39 is 20.0 Å². The number of benzene rings is 2. The first-order valence-corrected chi connectivity index (χ1v) is 9.72. The smallest absolute Gasteiger partial charge is 0.346 e. The Bertz CT molecular complexity index is 726. The maximum Gasteiger partial charge on any atom is 0.346 e. The van der Waals surface area contributed by atoms with Crippen LogP contribution >= 0.6 is 0 Å². The van der Waals surface area contributed by atoms with Crippen LogP contribution in [0.2, 0.25) is 19.6 Å². The average molecular weight is 270 g/mol. The molecular weight excluding hydrogens is 256 g/mol. The van der Waals surface area contributed by atoms with Gasteiger partial charge in [-0.2, -0.15) is 0 Å². The number of hydrogen-bond donors (Lipinski definition) is 0. The van der Waals surface area contributed by atoms with Crippen molar-refractivity contribution < 1.29 is 14.3 Å². The number of hydrogen-bond acceptors (Lipinski definition) is 3. The average Bonchev–Trinajstić information content (AvgIpc) is 2.61. The molecule has 3 rings (SSSR count). The van der Waals surface area contributed by atoms with E-state index in [2.05, 4.69) is 19.6 Å². The van der Waals surface area contributed by atoms with Crippen LogP contribution < -0.4 is 5.19 Å². The normalized spacial score (nSPS) is 14.7. The number of esters is 2. The van der Waals surface area contributed by atoms with Gasteiger partial charge in [0.25, 0.3) is 0 Å². The largest absolute Gasteiger partial charge is 0.386 e. The van der Waals surface area contributed by atoms with Gasteiger partial charge in [-0.3, -0.25) is 0 Å². The van der Waals surface area contributed by atoms with Gasteiger partial charge in [0.05, 0.1) is 19.2 Å². The number of carbonyl (C=O) groups excluding carboxylic acids is 2. The summed E-state index contributed by atoms with van der Waals surface area (Å²) >= 11 is 0. The maximum atomic E-state index is 12.0. The van der Waals surface area contributed by atoms with Crippen molar-refractivity contribution in [3.63, 3.8) is 0 Å². The number of cyclic esters (lactones) is 2. The van der Waals surface area contributed by atoms with Gasteiger partial charge in [0, 0.05) is 0 Å². The molecular formula is C15H14O3Si. The van der Waals surface area contributed by atoms with Gasteiger partial charge in [-0.05, 0) is 22.0 Å². The summed E-state index contributed by atoms with van der Waals surface area (Å²) in [5.74, 6) is -1.02. The summed E-state index contributed by atoms with van der Waals surface area (Å²) < 4.78 is 4.78. The molecule has 1 aliphatic rings. The van der Waals surface area contributed by atoms with E-state index in [9.17, 15) is 9.59 Å². The van der Waals surface area contributed by atoms with Gasteiger partial charge < -0.3 is 4.74 Å². The van der Waals surface area contributed by atoms with Crippen molar-refractivity contribution >= 4 is 36.0 Å². The zero-order chi connectivity index (χ0) is 13.8. The first kappa shape index (κ1) is 12.1. The van der Waals surface area contributed by atoms with Gasteiger partial charge in [0.2, 0.25) is 0 Å². The van der Waals surface area contributed by atoms with Crippen molar-refractivity contribution in [3.05, 3.63) is 41.5 Å². The number of carbonyl (C=O) groups is 2. The van der Waals surface area contributed by atoms with E-state index in [4.69, 9.17) is 4.74 Å². The van der Waals surface area contributed by atoms with Crippen LogP contribution in [-0.4, -0.2) is 20.0 Å². The highest BCUT2D eigenvalue weighted by Gasteiger charge is 2.37. The van der Waals surface area contributed by atoms with E-state index in [0.717, 1.165) is 16.0 Å². The quantitative estimate of drug-likeness (QED) is 0.454. The van der Waals surface area contributed by atoms with Gasteiger partial charge in [0.1, 0.15) is 0 Å². The Morgan fingerprint density at radius 1 is 1.00 bits per heavy atom. The fraction of sp³-hybridized carbons (Fsp3) is 0.200. The predicted molar refractivity (Wildman–Crippen MR) is 76.7 cm³/mol. The van der Waals surface area contributed by atoms with Crippen molar-refractivity contribution in [3.8, 4) is 0 Å². The molecule has 1 heterocycles. The van der Waals surface area contributed by atoms with Crippen LogP contribution in [0, 0.1) is 0 Å². The molecule has 0 fully saturated rings. The minimum Gasteiger partial charge on any atom is -0.386 e. The lowest BCUT2D eigenvalue weighted by molar-refractivity contribution is 0.0444. The molecule has 19 heavy (non-hydrogen) atoms. The summed E-state index contributed by atoms with van der Waals surface area (Å²) in [5.41, 5.74) is 0.906. The summed E-state index contributed by atoms with van der Waals surface area (Å²) in [6.07, 6.45) is 0. The number of rotatable bonds is 1. The second-order valence-corrected chi connectivity index (χ2v) is 10.8. The van der Waals surface area contributed by atoms with Crippen molar-refractivity contribution in [1.82, 2.24) is 0 Å². The molecule has 0 saturated heterocycles. The lowest BCUT2D eigenvalue weighted by Gasteiger charge is -2.21. The van der Waals surface area contributed by atoms with Crippen LogP contribution in [0.5, 0.6) is 0 Å². The molecule has 96 valence electrons. The van der Waals surface area contributed by atoms with Crippen LogP contribution in [0.4, 0.5) is 0 Å². The van der Waals surface area contributed by atoms with Crippen LogP contribution in [-0.2, 0) is 4.74 Å². The second kappa shape index (κ2) is 3.77. The molecule has 0 spiro atoms. The molecule has 0 aliphatic carbocycles. The molecule has 3 nitrogen and oxygen atoms in total. The summed E-state index contributed by atoms with van der Waals surface area (Å²) in [5, 5.41) is 3.08. The second-order valence-electron chi connectivity index (χ2n) is 5.82. The lowest BCUT2D eigenvalue weighted by Crippen LogP contribution is -2.41. The third-order valence-electron chi connectivity index (χ3n) is 3.41. The number of fused-ring (bicyclic) bond motifs is 2. The van der Waals surface area contributed by atoms with Gasteiger partial charge in [0.15, 0.2) is 0 Å². The van der Waals surface area contributed by atoms with Crippen LogP contribution in [0.25, 0.3) is 10.8 Å². The van der Waals surface area contributed by atoms with E-state index in [-0.39, 0.29) is 0 Å². The molecule has 2 aromatic rings. The fourth-order valence-electron chi connectivity index (χ4n) is 2.69. The monoisotopic (exact) mass is 270 g/mol. The summed E-state index contributed by atoms with van der Waals surface area (Å²) in [6, 6.07) is 9.64. The highest BCUT2D eigenvalue weighted by atomic mass is 28.3. The SMILES string of the molecule is C[Si](C)(C)c1c2c(cc3ccccc13)C(=O)OC2=O. The van der Waals surface area contributed by atoms with Gasteiger partial charge in [-0.25, -0.2) is 9.59 Å². The Morgan fingerprint density at radius 3 is 2.37 bits per heavy atom. The first-order chi connectivity index (χ1) is 8.89. The van der Waals surface area contributed by atoms with Crippen molar-refractivity contribution in [1.29, 1.82) is 0 Å². The molecule has 0 unspecified atom stereocenters. The van der Waals surface area contributed by atoms with E-state index in [1.165, 1.54) is 0 Å². The molecule has 0 saturated carbocycles. The summed E-state index contributed by atoms with van der Waals surface area (Å²) in [6.45, 7) is 6.52. The van der Waals surface area contributed by atoms with Crippen molar-refractivity contribution in [2.45, 2.75) is 19.6 Å². The zero-order valence-electron chi connectivity index (χ0n) is 11.1. The minimum atomic E-state index is -1.78. The molecule has 0 aromatic heterocycles. The molecule has 1 aliphatic heterocycles. The Morgan fingerprint density at radius 2 is 1.68 bits per heavy atom. The summed E-state index contributed by atoms with van der Waals surface area (Å²) in [4.78, 5) is 23.7. The third kappa shape index (κ3) is 1.71. The predicted octanol–water partition coefficient (Wildman–Crippen LogP) is 2.70. The van der Waals surface area contributed by atoms with Crippen molar-refractivity contribution in [2.24, 2.45) is 0 Å². The minimum absolute atomic E-state index is 0.418. The maximum absolute atomic E-state index is 12.0. The van der Waals surface area contributed by atoms with Crippen LogP contribution in [0.3, 0.4) is 0 Å². The third-order valence-corrected chi connectivity index (χ3v) is 5.43. The molecule has 0 bridgehead atoms. The lowest BCUT2D eigenvalue weighted by atomic mass is 10.0. The molecule has 0 radical (unpaired) electrons. The Kier molecular flexibility index (Phi) is 2.41. The standard InChI is InChI=1S/C15H14O3Si/c1-19(2,3)13-10-7-5-4-6-9(10)8-11-12(13)15(17)18-14(11)16/h4-8H,1-3H3. The van der Waals surface area contributed by atoms with Gasteiger partial charge in [-0.1, -0.05) is 43.9 Å². The highest BCUT2D eigenvalue weighted by Crippen LogP contribution is 2.27. The fourth-order valence-corrected chi connectivity index (χ4v) is 4.71. The van der Waals surface area contributed by atoms with Gasteiger partial charge >= 0.3 is 11.9 Å². The highest BCUT2D eigenvalue weighted by molar-refractivity contribution is 6.91. The molecule has 0 amide bonds. The van der Waals surface area contributed by atoms with Gasteiger partial charge in [-0.15, -0.1) is 0 Å². The van der Waals surface area contributed by atoms with Crippen LogP contribution in [0.1, 0.15) is 20.7 Å². The molecule has 2 aromatic carbocycles. The summed E-state index contributed by atoms with van der Waals surface area (Å²) in [7, 11) is -1.78. The first-order valence-electron chi connectivity index (χ1n) is 6.22.